The molecule has 0 saturated carbocycles. The van der Waals surface area contributed by atoms with E-state index in [1.165, 1.54) is 21.0 Å². The van der Waals surface area contributed by atoms with E-state index >= 15 is 0 Å². The number of benzene rings is 3. The standard InChI is InChI=1S/C23H22N2OS/c1-4-25-20-12-11-17-7-5-6-8-19(17)22(20)27-23(25)24-21(26)14-18-10-9-15(2)13-16(18)3/h5-13H,4,14H2,1-3H3. The summed E-state index contributed by atoms with van der Waals surface area (Å²) in [4.78, 5) is 17.9. The van der Waals surface area contributed by atoms with E-state index in [2.05, 4.69) is 59.8 Å². The third-order valence-electron chi connectivity index (χ3n) is 4.95. The van der Waals surface area contributed by atoms with Crippen LogP contribution in [0.1, 0.15) is 23.6 Å². The molecule has 4 heteroatoms. The van der Waals surface area contributed by atoms with Gasteiger partial charge in [-0.15, -0.1) is 0 Å². The Kier molecular flexibility index (Phi) is 4.66. The highest BCUT2D eigenvalue weighted by atomic mass is 32.1. The molecule has 0 aliphatic carbocycles. The summed E-state index contributed by atoms with van der Waals surface area (Å²) in [5.41, 5.74) is 4.54. The van der Waals surface area contributed by atoms with Crippen LogP contribution in [0.5, 0.6) is 0 Å². The topological polar surface area (TPSA) is 34.4 Å². The summed E-state index contributed by atoms with van der Waals surface area (Å²) in [6.45, 7) is 6.99. The van der Waals surface area contributed by atoms with Crippen LogP contribution < -0.4 is 4.80 Å². The highest BCUT2D eigenvalue weighted by Crippen LogP contribution is 2.27. The molecule has 3 nitrogen and oxygen atoms in total. The number of aromatic nitrogens is 1. The van der Waals surface area contributed by atoms with Gasteiger partial charge in [0.25, 0.3) is 5.91 Å². The van der Waals surface area contributed by atoms with Crippen LogP contribution in [0.25, 0.3) is 21.0 Å². The van der Waals surface area contributed by atoms with Gasteiger partial charge in [-0.3, -0.25) is 4.79 Å². The van der Waals surface area contributed by atoms with Crippen LogP contribution >= 0.6 is 11.3 Å². The number of amides is 1. The van der Waals surface area contributed by atoms with Gasteiger partial charge >= 0.3 is 0 Å². The molecule has 0 bridgehead atoms. The van der Waals surface area contributed by atoms with E-state index < -0.39 is 0 Å². The molecule has 0 spiro atoms. The van der Waals surface area contributed by atoms with Crippen molar-refractivity contribution in [3.05, 3.63) is 76.1 Å². The molecule has 0 unspecified atom stereocenters. The third-order valence-corrected chi connectivity index (χ3v) is 6.08. The molecule has 0 aliphatic heterocycles. The lowest BCUT2D eigenvalue weighted by Crippen LogP contribution is -2.16. The number of carbonyl (C=O) groups excluding carboxylic acids is 1. The molecule has 4 aromatic rings. The lowest BCUT2D eigenvalue weighted by atomic mass is 10.0. The Morgan fingerprint density at radius 3 is 2.67 bits per heavy atom. The van der Waals surface area contributed by atoms with Crippen molar-refractivity contribution in [2.24, 2.45) is 4.99 Å². The second-order valence-corrected chi connectivity index (χ2v) is 7.85. The third kappa shape index (κ3) is 3.33. The molecule has 4 rings (SSSR count). The lowest BCUT2D eigenvalue weighted by molar-refractivity contribution is -0.117. The maximum absolute atomic E-state index is 12.7. The van der Waals surface area contributed by atoms with E-state index in [9.17, 15) is 4.79 Å². The van der Waals surface area contributed by atoms with Gasteiger partial charge in [0.2, 0.25) is 0 Å². The van der Waals surface area contributed by atoms with Gasteiger partial charge in [-0.25, -0.2) is 0 Å². The molecule has 0 atom stereocenters. The zero-order chi connectivity index (χ0) is 19.0. The summed E-state index contributed by atoms with van der Waals surface area (Å²) >= 11 is 1.60. The number of rotatable bonds is 3. The number of fused-ring (bicyclic) bond motifs is 3. The first-order valence-electron chi connectivity index (χ1n) is 9.21. The van der Waals surface area contributed by atoms with Crippen molar-refractivity contribution in [3.8, 4) is 0 Å². The van der Waals surface area contributed by atoms with Crippen LogP contribution in [0.15, 0.2) is 59.6 Å². The second kappa shape index (κ2) is 7.12. The van der Waals surface area contributed by atoms with Crippen molar-refractivity contribution < 1.29 is 4.79 Å². The summed E-state index contributed by atoms with van der Waals surface area (Å²) in [5.74, 6) is -0.0972. The highest BCUT2D eigenvalue weighted by molar-refractivity contribution is 7.17. The van der Waals surface area contributed by atoms with Crippen LogP contribution in [0.2, 0.25) is 0 Å². The molecule has 3 aromatic carbocycles. The molecule has 0 radical (unpaired) electrons. The smallest absolute Gasteiger partial charge is 0.252 e. The van der Waals surface area contributed by atoms with Crippen molar-refractivity contribution in [1.29, 1.82) is 0 Å². The Morgan fingerprint density at radius 2 is 1.89 bits per heavy atom. The fourth-order valence-electron chi connectivity index (χ4n) is 3.54. The van der Waals surface area contributed by atoms with Crippen LogP contribution in [0.4, 0.5) is 0 Å². The number of thiazole rings is 1. The Hall–Kier alpha value is -2.72. The Bertz CT molecular complexity index is 1230. The molecule has 1 amide bonds. The first kappa shape index (κ1) is 17.7. The largest absolute Gasteiger partial charge is 0.317 e. The summed E-state index contributed by atoms with van der Waals surface area (Å²) < 4.78 is 3.32. The second-order valence-electron chi connectivity index (χ2n) is 6.88. The van der Waals surface area contributed by atoms with Crippen molar-refractivity contribution in [2.45, 2.75) is 33.7 Å². The zero-order valence-corrected chi connectivity index (χ0v) is 16.6. The number of hydrogen-bond donors (Lipinski definition) is 0. The molecule has 0 saturated heterocycles. The molecular formula is C23H22N2OS. The van der Waals surface area contributed by atoms with Crippen molar-refractivity contribution >= 4 is 38.2 Å². The quantitative estimate of drug-likeness (QED) is 0.487. The highest BCUT2D eigenvalue weighted by Gasteiger charge is 2.11. The van der Waals surface area contributed by atoms with Gasteiger partial charge in [0.1, 0.15) is 0 Å². The molecule has 0 fully saturated rings. The number of hydrogen-bond acceptors (Lipinski definition) is 2. The van der Waals surface area contributed by atoms with E-state index in [4.69, 9.17) is 0 Å². The van der Waals surface area contributed by atoms with Gasteiger partial charge in [-0.1, -0.05) is 65.4 Å². The average Bonchev–Trinajstić information content (AvgIpc) is 3.01. The average molecular weight is 375 g/mol. The minimum absolute atomic E-state index is 0.0972. The molecule has 1 heterocycles. The fraction of sp³-hybridized carbons (Fsp3) is 0.217. The summed E-state index contributed by atoms with van der Waals surface area (Å²) in [7, 11) is 0. The molecule has 0 N–H and O–H groups in total. The van der Waals surface area contributed by atoms with Gasteiger partial charge in [0, 0.05) is 11.9 Å². The maximum Gasteiger partial charge on any atom is 0.252 e. The van der Waals surface area contributed by atoms with Crippen molar-refractivity contribution in [3.63, 3.8) is 0 Å². The zero-order valence-electron chi connectivity index (χ0n) is 15.8. The SMILES string of the molecule is CCn1c(=NC(=O)Cc2ccc(C)cc2C)sc2c3ccccc3ccc21. The van der Waals surface area contributed by atoms with Gasteiger partial charge in [0.15, 0.2) is 4.80 Å². The van der Waals surface area contributed by atoms with Crippen LogP contribution in [0, 0.1) is 13.8 Å². The minimum Gasteiger partial charge on any atom is -0.317 e. The number of nitrogens with zero attached hydrogens (tertiary/aromatic N) is 2. The first-order chi connectivity index (χ1) is 13.1. The summed E-state index contributed by atoms with van der Waals surface area (Å²) in [6.07, 6.45) is 0.338. The molecule has 0 aliphatic rings. The van der Waals surface area contributed by atoms with E-state index in [0.717, 1.165) is 28.0 Å². The van der Waals surface area contributed by atoms with Crippen LogP contribution in [-0.4, -0.2) is 10.5 Å². The molecular weight excluding hydrogens is 352 g/mol. The van der Waals surface area contributed by atoms with E-state index in [-0.39, 0.29) is 5.91 Å². The molecule has 136 valence electrons. The predicted molar refractivity (Wildman–Crippen MR) is 113 cm³/mol. The predicted octanol–water partition coefficient (Wildman–Crippen LogP) is 5.16. The normalized spacial score (nSPS) is 12.2. The van der Waals surface area contributed by atoms with Crippen molar-refractivity contribution in [2.75, 3.05) is 0 Å². The van der Waals surface area contributed by atoms with Gasteiger partial charge in [0.05, 0.1) is 16.6 Å². The first-order valence-corrected chi connectivity index (χ1v) is 10.0. The maximum atomic E-state index is 12.7. The van der Waals surface area contributed by atoms with E-state index in [1.54, 1.807) is 11.3 Å². The Morgan fingerprint density at radius 1 is 1.07 bits per heavy atom. The monoisotopic (exact) mass is 374 g/mol. The summed E-state index contributed by atoms with van der Waals surface area (Å²) in [5, 5.41) is 2.42. The Labute approximate surface area is 162 Å². The fourth-order valence-corrected chi connectivity index (χ4v) is 4.79. The lowest BCUT2D eigenvalue weighted by Gasteiger charge is -2.04. The van der Waals surface area contributed by atoms with Gasteiger partial charge < -0.3 is 4.57 Å². The van der Waals surface area contributed by atoms with Crippen molar-refractivity contribution in [1.82, 2.24) is 4.57 Å². The number of carbonyl (C=O) groups is 1. The number of aryl methyl sites for hydroxylation is 3. The van der Waals surface area contributed by atoms with Crippen LogP contribution in [0.3, 0.4) is 0 Å². The van der Waals surface area contributed by atoms with E-state index in [0.29, 0.717) is 6.42 Å². The van der Waals surface area contributed by atoms with Gasteiger partial charge in [-0.2, -0.15) is 4.99 Å². The Balaban J connectivity index is 1.80. The summed E-state index contributed by atoms with van der Waals surface area (Å²) in [6, 6.07) is 18.8. The van der Waals surface area contributed by atoms with Crippen LogP contribution in [-0.2, 0) is 17.8 Å². The van der Waals surface area contributed by atoms with Gasteiger partial charge in [-0.05, 0) is 43.4 Å². The molecule has 1 aromatic heterocycles. The van der Waals surface area contributed by atoms with E-state index in [1.807, 2.05) is 25.1 Å². The minimum atomic E-state index is -0.0972. The molecule has 27 heavy (non-hydrogen) atoms.